The highest BCUT2D eigenvalue weighted by Gasteiger charge is 2.23. The number of anilines is 3. The minimum absolute atomic E-state index is 0.227. The molecule has 0 aliphatic carbocycles. The van der Waals surface area contributed by atoms with Crippen molar-refractivity contribution in [3.05, 3.63) is 47.8 Å². The van der Waals surface area contributed by atoms with E-state index in [1.165, 1.54) is 6.07 Å². The van der Waals surface area contributed by atoms with Crippen molar-refractivity contribution < 1.29 is 9.13 Å². The number of ether oxygens (including phenoxy) is 1. The second-order valence-corrected chi connectivity index (χ2v) is 4.80. The van der Waals surface area contributed by atoms with Crippen LogP contribution >= 0.6 is 0 Å². The predicted molar refractivity (Wildman–Crippen MR) is 79.1 cm³/mol. The number of hydrogen-bond donors (Lipinski definition) is 1. The van der Waals surface area contributed by atoms with Gasteiger partial charge < -0.3 is 15.4 Å². The van der Waals surface area contributed by atoms with Crippen molar-refractivity contribution in [1.29, 1.82) is 0 Å². The van der Waals surface area contributed by atoms with Gasteiger partial charge in [0, 0.05) is 12.2 Å². The molecular weight excluding hydrogens is 255 g/mol. The van der Waals surface area contributed by atoms with Gasteiger partial charge in [-0.25, -0.2) is 4.39 Å². The van der Waals surface area contributed by atoms with Gasteiger partial charge in [-0.3, -0.25) is 0 Å². The smallest absolute Gasteiger partial charge is 0.144 e. The van der Waals surface area contributed by atoms with Gasteiger partial charge in [-0.15, -0.1) is 0 Å². The molecule has 1 aliphatic rings. The van der Waals surface area contributed by atoms with E-state index in [1.54, 1.807) is 6.07 Å². The molecule has 0 aromatic heterocycles. The van der Waals surface area contributed by atoms with Crippen LogP contribution in [0.5, 0.6) is 5.75 Å². The Morgan fingerprint density at radius 3 is 2.90 bits per heavy atom. The molecule has 0 fully saturated rings. The highest BCUT2D eigenvalue weighted by atomic mass is 19.1. The third-order valence-corrected chi connectivity index (χ3v) is 3.58. The molecular formula is C16H17FN2O. The fourth-order valence-corrected chi connectivity index (χ4v) is 2.65. The van der Waals surface area contributed by atoms with E-state index in [9.17, 15) is 4.39 Å². The maximum absolute atomic E-state index is 13.5. The number of nitrogens with zero attached hydrogens (tertiary/aromatic N) is 1. The van der Waals surface area contributed by atoms with Crippen molar-refractivity contribution in [1.82, 2.24) is 0 Å². The lowest BCUT2D eigenvalue weighted by molar-refractivity contribution is 0.342. The molecule has 0 saturated heterocycles. The fourth-order valence-electron chi connectivity index (χ4n) is 2.65. The second kappa shape index (κ2) is 5.04. The number of nitrogens with two attached hydrogens (primary N) is 1. The SMILES string of the molecule is CCOc1cccc(N2CCc3ccc(F)cc32)c1N. The van der Waals surface area contributed by atoms with E-state index in [0.29, 0.717) is 18.0 Å². The maximum atomic E-state index is 13.5. The zero-order valence-electron chi connectivity index (χ0n) is 11.4. The molecule has 2 N–H and O–H groups in total. The number of para-hydroxylation sites is 1. The van der Waals surface area contributed by atoms with Gasteiger partial charge in [-0.2, -0.15) is 0 Å². The summed E-state index contributed by atoms with van der Waals surface area (Å²) in [6, 6.07) is 10.6. The van der Waals surface area contributed by atoms with Crippen LogP contribution < -0.4 is 15.4 Å². The molecule has 0 radical (unpaired) electrons. The van der Waals surface area contributed by atoms with Gasteiger partial charge >= 0.3 is 0 Å². The summed E-state index contributed by atoms with van der Waals surface area (Å²) in [5.41, 5.74) is 9.70. The summed E-state index contributed by atoms with van der Waals surface area (Å²) >= 11 is 0. The Morgan fingerprint density at radius 2 is 2.10 bits per heavy atom. The van der Waals surface area contributed by atoms with Gasteiger partial charge in [0.2, 0.25) is 0 Å². The zero-order valence-corrected chi connectivity index (χ0v) is 11.4. The van der Waals surface area contributed by atoms with Crippen LogP contribution in [0.3, 0.4) is 0 Å². The molecule has 0 unspecified atom stereocenters. The van der Waals surface area contributed by atoms with Crippen molar-refractivity contribution in [2.45, 2.75) is 13.3 Å². The van der Waals surface area contributed by atoms with E-state index in [1.807, 2.05) is 31.2 Å². The molecule has 0 saturated carbocycles. The van der Waals surface area contributed by atoms with Crippen LogP contribution in [0.15, 0.2) is 36.4 Å². The Hall–Kier alpha value is -2.23. The Kier molecular flexibility index (Phi) is 3.22. The minimum atomic E-state index is -0.227. The summed E-state index contributed by atoms with van der Waals surface area (Å²) in [6.07, 6.45) is 0.897. The molecule has 1 aliphatic heterocycles. The van der Waals surface area contributed by atoms with Crippen molar-refractivity contribution in [3.63, 3.8) is 0 Å². The molecule has 0 amide bonds. The normalized spacial score (nSPS) is 13.4. The number of rotatable bonds is 3. The number of fused-ring (bicyclic) bond motifs is 1. The first-order valence-corrected chi connectivity index (χ1v) is 6.78. The first-order chi connectivity index (χ1) is 9.70. The first kappa shape index (κ1) is 12.8. The van der Waals surface area contributed by atoms with Gasteiger partial charge in [0.1, 0.15) is 11.6 Å². The molecule has 2 aromatic rings. The summed E-state index contributed by atoms with van der Waals surface area (Å²) in [5, 5.41) is 0. The minimum Gasteiger partial charge on any atom is -0.492 e. The molecule has 4 heteroatoms. The number of benzene rings is 2. The molecule has 0 bridgehead atoms. The van der Waals surface area contributed by atoms with Gasteiger partial charge in [0.25, 0.3) is 0 Å². The van der Waals surface area contributed by atoms with E-state index >= 15 is 0 Å². The highest BCUT2D eigenvalue weighted by Crippen LogP contribution is 2.40. The summed E-state index contributed by atoms with van der Waals surface area (Å²) in [4.78, 5) is 2.05. The molecule has 3 rings (SSSR count). The fraction of sp³-hybridized carbons (Fsp3) is 0.250. The van der Waals surface area contributed by atoms with Crippen LogP contribution in [0, 0.1) is 5.82 Å². The van der Waals surface area contributed by atoms with E-state index in [4.69, 9.17) is 10.5 Å². The maximum Gasteiger partial charge on any atom is 0.144 e. The first-order valence-electron chi connectivity index (χ1n) is 6.78. The summed E-state index contributed by atoms with van der Waals surface area (Å²) in [6.45, 7) is 3.30. The van der Waals surface area contributed by atoms with E-state index in [0.717, 1.165) is 29.9 Å². The average Bonchev–Trinajstić information content (AvgIpc) is 2.84. The summed E-state index contributed by atoms with van der Waals surface area (Å²) in [7, 11) is 0. The predicted octanol–water partition coefficient (Wildman–Crippen LogP) is 3.50. The van der Waals surface area contributed by atoms with Gasteiger partial charge in [0.15, 0.2) is 0 Å². The standard InChI is InChI=1S/C16H17FN2O/c1-2-20-15-5-3-4-13(16(15)18)19-9-8-11-6-7-12(17)10-14(11)19/h3-7,10H,2,8-9,18H2,1H3. The quantitative estimate of drug-likeness (QED) is 0.869. The summed E-state index contributed by atoms with van der Waals surface area (Å²) in [5.74, 6) is 0.449. The van der Waals surface area contributed by atoms with Crippen LogP contribution in [0.25, 0.3) is 0 Å². The second-order valence-electron chi connectivity index (χ2n) is 4.80. The third kappa shape index (κ3) is 2.07. The van der Waals surface area contributed by atoms with Gasteiger partial charge in [-0.1, -0.05) is 12.1 Å². The Bertz CT molecular complexity index is 642. The third-order valence-electron chi connectivity index (χ3n) is 3.58. The summed E-state index contributed by atoms with van der Waals surface area (Å²) < 4.78 is 19.0. The van der Waals surface area contributed by atoms with Crippen LogP contribution in [-0.2, 0) is 6.42 Å². The van der Waals surface area contributed by atoms with Gasteiger partial charge in [-0.05, 0) is 43.2 Å². The van der Waals surface area contributed by atoms with Crippen LogP contribution in [0.2, 0.25) is 0 Å². The Morgan fingerprint density at radius 1 is 1.25 bits per heavy atom. The molecule has 0 spiro atoms. The number of halogens is 1. The van der Waals surface area contributed by atoms with Crippen LogP contribution in [0.4, 0.5) is 21.5 Å². The topological polar surface area (TPSA) is 38.5 Å². The van der Waals surface area contributed by atoms with Crippen LogP contribution in [-0.4, -0.2) is 13.2 Å². The Balaban J connectivity index is 2.04. The molecule has 20 heavy (non-hydrogen) atoms. The largest absolute Gasteiger partial charge is 0.492 e. The van der Waals surface area contributed by atoms with E-state index in [2.05, 4.69) is 4.90 Å². The van der Waals surface area contributed by atoms with E-state index in [-0.39, 0.29) is 5.82 Å². The van der Waals surface area contributed by atoms with Crippen LogP contribution in [0.1, 0.15) is 12.5 Å². The molecule has 3 nitrogen and oxygen atoms in total. The van der Waals surface area contributed by atoms with E-state index < -0.39 is 0 Å². The average molecular weight is 272 g/mol. The van der Waals surface area contributed by atoms with Crippen molar-refractivity contribution in [2.75, 3.05) is 23.8 Å². The molecule has 0 atom stereocenters. The number of hydrogen-bond acceptors (Lipinski definition) is 3. The Labute approximate surface area is 117 Å². The highest BCUT2D eigenvalue weighted by molar-refractivity contribution is 5.81. The monoisotopic (exact) mass is 272 g/mol. The number of nitrogen functional groups attached to an aromatic ring is 1. The lowest BCUT2D eigenvalue weighted by atomic mass is 10.1. The molecule has 1 heterocycles. The molecule has 2 aromatic carbocycles. The zero-order chi connectivity index (χ0) is 14.1. The van der Waals surface area contributed by atoms with Crippen molar-refractivity contribution in [3.8, 4) is 5.75 Å². The lowest BCUT2D eigenvalue weighted by Crippen LogP contribution is -2.15. The lowest BCUT2D eigenvalue weighted by Gasteiger charge is -2.22. The van der Waals surface area contributed by atoms with Gasteiger partial charge in [0.05, 0.1) is 18.0 Å². The van der Waals surface area contributed by atoms with Crippen molar-refractivity contribution in [2.24, 2.45) is 0 Å². The molecule has 104 valence electrons. The van der Waals surface area contributed by atoms with Crippen molar-refractivity contribution >= 4 is 17.1 Å².